The number of methoxy groups -OCH3 is 1. The lowest BCUT2D eigenvalue weighted by Crippen LogP contribution is -2.72. The number of ether oxygens (including phenoxy) is 2. The smallest absolute Gasteiger partial charge is 0.411 e. The number of nitrogens with zero attached hydrogens (tertiary/aromatic N) is 2. The lowest BCUT2D eigenvalue weighted by molar-refractivity contribution is -0.160. The van der Waals surface area contributed by atoms with Crippen molar-refractivity contribution in [3.05, 3.63) is 65.7 Å². The van der Waals surface area contributed by atoms with Gasteiger partial charge in [0.2, 0.25) is 0 Å². The fraction of sp³-hybridized carbons (Fsp3) is 0.364. The second-order valence-electron chi connectivity index (χ2n) is 7.34. The Hall–Kier alpha value is -3.02. The van der Waals surface area contributed by atoms with E-state index in [0.29, 0.717) is 26.1 Å². The lowest BCUT2D eigenvalue weighted by Gasteiger charge is -2.50. The average molecular weight is 380 g/mol. The van der Waals surface area contributed by atoms with Crippen LogP contribution in [0.2, 0.25) is 0 Å². The van der Waals surface area contributed by atoms with Crippen LogP contribution in [-0.2, 0) is 22.7 Å². The Morgan fingerprint density at radius 3 is 2.50 bits per heavy atom. The molecule has 0 bridgehead atoms. The number of β-lactam (4-membered cyclic amide) rings is 1. The summed E-state index contributed by atoms with van der Waals surface area (Å²) in [6, 6.07) is 17.3. The van der Waals surface area contributed by atoms with E-state index in [-0.39, 0.29) is 12.5 Å². The number of hydrogen-bond acceptors (Lipinski definition) is 4. The largest absolute Gasteiger partial charge is 0.497 e. The Kier molecular flexibility index (Phi) is 4.94. The van der Waals surface area contributed by atoms with Crippen LogP contribution < -0.4 is 4.74 Å². The topological polar surface area (TPSA) is 59.1 Å². The van der Waals surface area contributed by atoms with Gasteiger partial charge in [-0.15, -0.1) is 0 Å². The average Bonchev–Trinajstić information content (AvgIpc) is 3.19. The van der Waals surface area contributed by atoms with Gasteiger partial charge in [0.25, 0.3) is 5.91 Å². The first-order valence-electron chi connectivity index (χ1n) is 9.53. The number of likely N-dealkylation sites (tertiary alicyclic amines) is 2. The quantitative estimate of drug-likeness (QED) is 0.748. The standard InChI is InChI=1S/C22H24N2O4/c1-27-19-10-8-17(9-11-19)14-23-16-22(20(23)25)12-5-13-24(22)21(26)28-15-18-6-3-2-4-7-18/h2-4,6-11H,5,12-16H2,1H3/t22-/m1/s1. The molecular formula is C22H24N2O4. The van der Waals surface area contributed by atoms with Crippen molar-refractivity contribution in [2.24, 2.45) is 0 Å². The minimum absolute atomic E-state index is 0.0116. The highest BCUT2D eigenvalue weighted by molar-refractivity contribution is 5.96. The summed E-state index contributed by atoms with van der Waals surface area (Å²) >= 11 is 0. The van der Waals surface area contributed by atoms with Gasteiger partial charge in [-0.2, -0.15) is 0 Å². The van der Waals surface area contributed by atoms with E-state index < -0.39 is 11.6 Å². The predicted molar refractivity (Wildman–Crippen MR) is 104 cm³/mol. The van der Waals surface area contributed by atoms with E-state index in [9.17, 15) is 9.59 Å². The maximum absolute atomic E-state index is 13.0. The molecule has 2 aromatic carbocycles. The van der Waals surface area contributed by atoms with Crippen LogP contribution >= 0.6 is 0 Å². The van der Waals surface area contributed by atoms with Crippen LogP contribution in [0.15, 0.2) is 54.6 Å². The normalized spacial score (nSPS) is 21.0. The maximum Gasteiger partial charge on any atom is 0.411 e. The van der Waals surface area contributed by atoms with Crippen LogP contribution in [0, 0.1) is 0 Å². The first-order valence-corrected chi connectivity index (χ1v) is 9.53. The Bertz CT molecular complexity index is 853. The summed E-state index contributed by atoms with van der Waals surface area (Å²) in [6.45, 7) is 1.88. The summed E-state index contributed by atoms with van der Waals surface area (Å²) in [5.74, 6) is 0.802. The molecule has 0 N–H and O–H groups in total. The van der Waals surface area contributed by atoms with Gasteiger partial charge in [0.05, 0.1) is 13.7 Å². The molecule has 2 aromatic rings. The van der Waals surface area contributed by atoms with E-state index in [1.54, 1.807) is 16.9 Å². The van der Waals surface area contributed by atoms with Gasteiger partial charge in [0, 0.05) is 13.1 Å². The van der Waals surface area contributed by atoms with Crippen molar-refractivity contribution in [1.82, 2.24) is 9.80 Å². The SMILES string of the molecule is COc1ccc(CN2C[C@]3(CCCN3C(=O)OCc3ccccc3)C2=O)cc1. The van der Waals surface area contributed by atoms with Gasteiger partial charge in [-0.1, -0.05) is 42.5 Å². The van der Waals surface area contributed by atoms with Crippen LogP contribution in [0.25, 0.3) is 0 Å². The maximum atomic E-state index is 13.0. The van der Waals surface area contributed by atoms with Gasteiger partial charge >= 0.3 is 6.09 Å². The van der Waals surface area contributed by atoms with E-state index in [4.69, 9.17) is 9.47 Å². The number of amides is 2. The third-order valence-corrected chi connectivity index (χ3v) is 5.58. The molecule has 4 rings (SSSR count). The molecule has 2 aliphatic heterocycles. The van der Waals surface area contributed by atoms with Gasteiger partial charge in [-0.25, -0.2) is 4.79 Å². The van der Waals surface area contributed by atoms with Crippen molar-refractivity contribution in [3.8, 4) is 5.75 Å². The van der Waals surface area contributed by atoms with Crippen molar-refractivity contribution in [2.45, 2.75) is 31.5 Å². The number of carbonyl (C=O) groups excluding carboxylic acids is 2. The highest BCUT2D eigenvalue weighted by atomic mass is 16.6. The molecular weight excluding hydrogens is 356 g/mol. The Morgan fingerprint density at radius 2 is 1.82 bits per heavy atom. The van der Waals surface area contributed by atoms with Crippen LogP contribution in [0.3, 0.4) is 0 Å². The van der Waals surface area contributed by atoms with E-state index in [0.717, 1.165) is 23.3 Å². The van der Waals surface area contributed by atoms with Crippen molar-refractivity contribution in [1.29, 1.82) is 0 Å². The van der Waals surface area contributed by atoms with Crippen molar-refractivity contribution in [2.75, 3.05) is 20.2 Å². The molecule has 1 spiro atoms. The fourth-order valence-corrected chi connectivity index (χ4v) is 4.07. The van der Waals surface area contributed by atoms with Gasteiger partial charge < -0.3 is 14.4 Å². The van der Waals surface area contributed by atoms with Crippen LogP contribution in [0.4, 0.5) is 4.79 Å². The molecule has 2 amide bonds. The molecule has 1 atom stereocenters. The van der Waals surface area contributed by atoms with Crippen molar-refractivity contribution >= 4 is 12.0 Å². The molecule has 2 saturated heterocycles. The summed E-state index contributed by atoms with van der Waals surface area (Å²) in [7, 11) is 1.63. The lowest BCUT2D eigenvalue weighted by atomic mass is 9.85. The molecule has 2 heterocycles. The Balaban J connectivity index is 1.37. The molecule has 6 heteroatoms. The third-order valence-electron chi connectivity index (χ3n) is 5.58. The molecule has 0 aliphatic carbocycles. The highest BCUT2D eigenvalue weighted by Crippen LogP contribution is 2.40. The molecule has 0 unspecified atom stereocenters. The second kappa shape index (κ2) is 7.54. The molecule has 2 fully saturated rings. The zero-order chi connectivity index (χ0) is 19.6. The zero-order valence-electron chi connectivity index (χ0n) is 16.0. The first kappa shape index (κ1) is 18.3. The summed E-state index contributed by atoms with van der Waals surface area (Å²) in [6.07, 6.45) is 1.12. The molecule has 0 radical (unpaired) electrons. The second-order valence-corrected chi connectivity index (χ2v) is 7.34. The van der Waals surface area contributed by atoms with E-state index in [1.165, 1.54) is 0 Å². The van der Waals surface area contributed by atoms with E-state index >= 15 is 0 Å². The van der Waals surface area contributed by atoms with Gasteiger partial charge in [0.15, 0.2) is 0 Å². The summed E-state index contributed by atoms with van der Waals surface area (Å²) in [5.41, 5.74) is 1.26. The zero-order valence-corrected chi connectivity index (χ0v) is 16.0. The fourth-order valence-electron chi connectivity index (χ4n) is 4.07. The Labute approximate surface area is 164 Å². The van der Waals surface area contributed by atoms with Crippen LogP contribution in [-0.4, -0.2) is 47.5 Å². The van der Waals surface area contributed by atoms with Crippen molar-refractivity contribution < 1.29 is 19.1 Å². The van der Waals surface area contributed by atoms with Gasteiger partial charge in [-0.3, -0.25) is 9.69 Å². The molecule has 146 valence electrons. The number of rotatable bonds is 5. The summed E-state index contributed by atoms with van der Waals surface area (Å²) < 4.78 is 10.6. The summed E-state index contributed by atoms with van der Waals surface area (Å²) in [4.78, 5) is 29.0. The van der Waals surface area contributed by atoms with Gasteiger partial charge in [0.1, 0.15) is 17.9 Å². The molecule has 0 aromatic heterocycles. The number of hydrogen-bond donors (Lipinski definition) is 0. The van der Waals surface area contributed by atoms with Gasteiger partial charge in [-0.05, 0) is 36.1 Å². The van der Waals surface area contributed by atoms with Crippen LogP contribution in [0.5, 0.6) is 5.75 Å². The predicted octanol–water partition coefficient (Wildman–Crippen LogP) is 3.21. The number of benzene rings is 2. The first-order chi connectivity index (χ1) is 13.6. The molecule has 28 heavy (non-hydrogen) atoms. The van der Waals surface area contributed by atoms with E-state index in [2.05, 4.69) is 0 Å². The minimum Gasteiger partial charge on any atom is -0.497 e. The highest BCUT2D eigenvalue weighted by Gasteiger charge is 2.59. The minimum atomic E-state index is -0.722. The van der Waals surface area contributed by atoms with Crippen molar-refractivity contribution in [3.63, 3.8) is 0 Å². The molecule has 0 saturated carbocycles. The van der Waals surface area contributed by atoms with E-state index in [1.807, 2.05) is 54.6 Å². The Morgan fingerprint density at radius 1 is 1.07 bits per heavy atom. The summed E-state index contributed by atoms with van der Waals surface area (Å²) in [5, 5.41) is 0. The molecule has 6 nitrogen and oxygen atoms in total. The molecule has 2 aliphatic rings. The number of carbonyl (C=O) groups is 2. The third kappa shape index (κ3) is 3.30. The monoisotopic (exact) mass is 380 g/mol. The van der Waals surface area contributed by atoms with Crippen LogP contribution in [0.1, 0.15) is 24.0 Å².